The summed E-state index contributed by atoms with van der Waals surface area (Å²) in [6.07, 6.45) is 4.89. The quantitative estimate of drug-likeness (QED) is 0.759. The third-order valence-corrected chi connectivity index (χ3v) is 5.12. The van der Waals surface area contributed by atoms with Crippen molar-refractivity contribution in [2.75, 3.05) is 33.5 Å². The van der Waals surface area contributed by atoms with Gasteiger partial charge in [0.25, 0.3) is 0 Å². The fourth-order valence-electron chi connectivity index (χ4n) is 3.48. The van der Waals surface area contributed by atoms with Crippen molar-refractivity contribution >= 4 is 5.91 Å². The standard InChI is InChI=1S/C21H25FN2O3/c1-26-13-10-24-20(25)21(6-11-27-12-7-21)15-18-3-2-17(14-19(18)22)16-4-8-23-9-5-16/h2-5,8-9,14H,6-7,10-13,15H2,1H3,(H,24,25). The number of nitrogens with zero attached hydrogens (tertiary/aromatic N) is 1. The number of aromatic nitrogens is 1. The van der Waals surface area contributed by atoms with E-state index in [9.17, 15) is 9.18 Å². The molecule has 5 nitrogen and oxygen atoms in total. The molecule has 0 atom stereocenters. The fourth-order valence-corrected chi connectivity index (χ4v) is 3.48. The number of carbonyl (C=O) groups excluding carboxylic acids is 1. The van der Waals surface area contributed by atoms with E-state index in [2.05, 4.69) is 10.3 Å². The molecular formula is C21H25FN2O3. The van der Waals surface area contributed by atoms with Gasteiger partial charge in [-0.15, -0.1) is 0 Å². The average molecular weight is 372 g/mol. The minimum atomic E-state index is -0.648. The predicted octanol–water partition coefficient (Wildman–Crippen LogP) is 2.99. The highest BCUT2D eigenvalue weighted by molar-refractivity contribution is 5.83. The van der Waals surface area contributed by atoms with Crippen LogP contribution in [0.4, 0.5) is 4.39 Å². The Morgan fingerprint density at radius 3 is 2.63 bits per heavy atom. The molecule has 1 aromatic heterocycles. The highest BCUT2D eigenvalue weighted by Crippen LogP contribution is 2.36. The summed E-state index contributed by atoms with van der Waals surface area (Å²) in [5, 5.41) is 2.92. The Hall–Kier alpha value is -2.31. The molecule has 1 amide bonds. The molecule has 1 saturated heterocycles. The molecule has 0 saturated carbocycles. The number of hydrogen-bond donors (Lipinski definition) is 1. The van der Waals surface area contributed by atoms with E-state index in [4.69, 9.17) is 9.47 Å². The van der Waals surface area contributed by atoms with Gasteiger partial charge in [-0.1, -0.05) is 12.1 Å². The molecule has 27 heavy (non-hydrogen) atoms. The molecule has 0 bridgehead atoms. The zero-order valence-electron chi connectivity index (χ0n) is 15.5. The van der Waals surface area contributed by atoms with Gasteiger partial charge in [0, 0.05) is 39.3 Å². The molecule has 3 rings (SSSR count). The molecule has 6 heteroatoms. The minimum absolute atomic E-state index is 0.0551. The SMILES string of the molecule is COCCNC(=O)C1(Cc2ccc(-c3ccncc3)cc2F)CCOCC1. The smallest absolute Gasteiger partial charge is 0.226 e. The maximum atomic E-state index is 14.8. The fraction of sp³-hybridized carbons (Fsp3) is 0.429. The summed E-state index contributed by atoms with van der Waals surface area (Å²) < 4.78 is 25.3. The van der Waals surface area contributed by atoms with Crippen LogP contribution < -0.4 is 5.32 Å². The summed E-state index contributed by atoms with van der Waals surface area (Å²) >= 11 is 0. The monoisotopic (exact) mass is 372 g/mol. The summed E-state index contributed by atoms with van der Waals surface area (Å²) in [5.74, 6) is -0.347. The van der Waals surface area contributed by atoms with Crippen molar-refractivity contribution in [3.63, 3.8) is 0 Å². The number of benzene rings is 1. The Balaban J connectivity index is 1.80. The van der Waals surface area contributed by atoms with Crippen molar-refractivity contribution in [1.29, 1.82) is 0 Å². The van der Waals surface area contributed by atoms with Crippen LogP contribution in [0.3, 0.4) is 0 Å². The van der Waals surface area contributed by atoms with Crippen LogP contribution >= 0.6 is 0 Å². The second-order valence-corrected chi connectivity index (χ2v) is 6.86. The second kappa shape index (κ2) is 9.06. The lowest BCUT2D eigenvalue weighted by Crippen LogP contribution is -2.47. The summed E-state index contributed by atoms with van der Waals surface area (Å²) in [4.78, 5) is 16.8. The lowest BCUT2D eigenvalue weighted by Gasteiger charge is -2.36. The van der Waals surface area contributed by atoms with Gasteiger partial charge in [0.2, 0.25) is 5.91 Å². The molecule has 1 N–H and O–H groups in total. The van der Waals surface area contributed by atoms with Gasteiger partial charge in [-0.05, 0) is 54.2 Å². The zero-order valence-corrected chi connectivity index (χ0v) is 15.5. The van der Waals surface area contributed by atoms with Crippen molar-refractivity contribution in [2.45, 2.75) is 19.3 Å². The van der Waals surface area contributed by atoms with Crippen molar-refractivity contribution < 1.29 is 18.7 Å². The highest BCUT2D eigenvalue weighted by Gasteiger charge is 2.40. The predicted molar refractivity (Wildman–Crippen MR) is 101 cm³/mol. The Morgan fingerprint density at radius 2 is 1.96 bits per heavy atom. The van der Waals surface area contributed by atoms with Gasteiger partial charge in [-0.25, -0.2) is 4.39 Å². The van der Waals surface area contributed by atoms with Gasteiger partial charge in [-0.2, -0.15) is 0 Å². The largest absolute Gasteiger partial charge is 0.383 e. The topological polar surface area (TPSA) is 60.5 Å². The number of nitrogens with one attached hydrogen (secondary N) is 1. The number of hydrogen-bond acceptors (Lipinski definition) is 4. The van der Waals surface area contributed by atoms with Crippen LogP contribution in [0, 0.1) is 11.2 Å². The molecule has 0 unspecified atom stereocenters. The van der Waals surface area contributed by atoms with Gasteiger partial charge < -0.3 is 14.8 Å². The lowest BCUT2D eigenvalue weighted by molar-refractivity contribution is -0.136. The number of methoxy groups -OCH3 is 1. The van der Waals surface area contributed by atoms with E-state index in [0.717, 1.165) is 11.1 Å². The molecule has 0 aliphatic carbocycles. The van der Waals surface area contributed by atoms with Gasteiger partial charge >= 0.3 is 0 Å². The Kier molecular flexibility index (Phi) is 6.53. The van der Waals surface area contributed by atoms with Crippen LogP contribution in [-0.4, -0.2) is 44.4 Å². The van der Waals surface area contributed by atoms with E-state index >= 15 is 0 Å². The number of rotatable bonds is 7. The first-order valence-corrected chi connectivity index (χ1v) is 9.18. The molecule has 0 radical (unpaired) electrons. The van der Waals surface area contributed by atoms with E-state index in [0.29, 0.717) is 51.2 Å². The minimum Gasteiger partial charge on any atom is -0.383 e. The van der Waals surface area contributed by atoms with Crippen molar-refractivity contribution in [1.82, 2.24) is 10.3 Å². The van der Waals surface area contributed by atoms with Crippen LogP contribution in [-0.2, 0) is 20.7 Å². The molecule has 144 valence electrons. The van der Waals surface area contributed by atoms with Crippen LogP contribution in [0.2, 0.25) is 0 Å². The van der Waals surface area contributed by atoms with Crippen LogP contribution in [0.1, 0.15) is 18.4 Å². The average Bonchev–Trinajstić information content (AvgIpc) is 2.71. The third kappa shape index (κ3) is 4.70. The number of pyridine rings is 1. The molecule has 1 fully saturated rings. The summed E-state index contributed by atoms with van der Waals surface area (Å²) in [6.45, 7) is 1.91. The van der Waals surface area contributed by atoms with Gasteiger partial charge in [0.1, 0.15) is 5.82 Å². The van der Waals surface area contributed by atoms with Crippen LogP contribution in [0.25, 0.3) is 11.1 Å². The van der Waals surface area contributed by atoms with Crippen molar-refractivity contribution in [2.24, 2.45) is 5.41 Å². The van der Waals surface area contributed by atoms with E-state index in [1.165, 1.54) is 6.07 Å². The molecule has 1 aliphatic rings. The molecule has 0 spiro atoms. The first-order valence-electron chi connectivity index (χ1n) is 9.18. The Morgan fingerprint density at radius 1 is 1.22 bits per heavy atom. The second-order valence-electron chi connectivity index (χ2n) is 6.86. The van der Waals surface area contributed by atoms with Crippen LogP contribution in [0.5, 0.6) is 0 Å². The normalized spacial score (nSPS) is 16.1. The van der Waals surface area contributed by atoms with E-state index < -0.39 is 5.41 Å². The maximum Gasteiger partial charge on any atom is 0.226 e. The first-order chi connectivity index (χ1) is 13.1. The van der Waals surface area contributed by atoms with Gasteiger partial charge in [0.05, 0.1) is 12.0 Å². The molecule has 1 aromatic carbocycles. The Bertz CT molecular complexity index is 761. The van der Waals surface area contributed by atoms with E-state index in [-0.39, 0.29) is 11.7 Å². The summed E-state index contributed by atoms with van der Waals surface area (Å²) in [7, 11) is 1.59. The number of amides is 1. The highest BCUT2D eigenvalue weighted by atomic mass is 19.1. The molecule has 2 heterocycles. The van der Waals surface area contributed by atoms with E-state index in [1.54, 1.807) is 25.6 Å². The zero-order chi connectivity index (χ0) is 19.1. The first kappa shape index (κ1) is 19.5. The number of ether oxygens (including phenoxy) is 2. The summed E-state index contributed by atoms with van der Waals surface area (Å²) in [6, 6.07) is 8.89. The van der Waals surface area contributed by atoms with E-state index in [1.807, 2.05) is 18.2 Å². The molecule has 2 aromatic rings. The molecule has 1 aliphatic heterocycles. The molecular weight excluding hydrogens is 347 g/mol. The number of halogens is 1. The maximum absolute atomic E-state index is 14.8. The lowest BCUT2D eigenvalue weighted by atomic mass is 9.74. The summed E-state index contributed by atoms with van der Waals surface area (Å²) in [5.41, 5.74) is 1.61. The van der Waals surface area contributed by atoms with Gasteiger partial charge in [-0.3, -0.25) is 9.78 Å². The van der Waals surface area contributed by atoms with Gasteiger partial charge in [0.15, 0.2) is 0 Å². The van der Waals surface area contributed by atoms with Crippen molar-refractivity contribution in [3.8, 4) is 11.1 Å². The Labute approximate surface area is 158 Å². The third-order valence-electron chi connectivity index (χ3n) is 5.12. The number of carbonyl (C=O) groups is 1. The van der Waals surface area contributed by atoms with Crippen molar-refractivity contribution in [3.05, 3.63) is 54.1 Å². The van der Waals surface area contributed by atoms with Crippen LogP contribution in [0.15, 0.2) is 42.7 Å².